The molecule has 0 fully saturated rings. The molecule has 3 N–H and O–H groups in total. The van der Waals surface area contributed by atoms with Gasteiger partial charge in [-0.3, -0.25) is 0 Å². The van der Waals surface area contributed by atoms with Crippen LogP contribution >= 0.6 is 0 Å². The van der Waals surface area contributed by atoms with Gasteiger partial charge in [-0.2, -0.15) is 0 Å². The molecule has 0 aromatic carbocycles. The second-order valence-electron chi connectivity index (χ2n) is 3.69. The van der Waals surface area contributed by atoms with E-state index in [1.54, 1.807) is 11.4 Å². The zero-order valence-corrected chi connectivity index (χ0v) is 9.54. The number of imidazole rings is 1. The summed E-state index contributed by atoms with van der Waals surface area (Å²) in [4.78, 5) is 25.9. The summed E-state index contributed by atoms with van der Waals surface area (Å²) in [6.07, 6.45) is 1.50. The molecular weight excluding hydrogens is 238 g/mol. The van der Waals surface area contributed by atoms with E-state index in [4.69, 9.17) is 10.2 Å². The molecule has 7 heteroatoms. The van der Waals surface area contributed by atoms with Crippen molar-refractivity contribution in [3.05, 3.63) is 35.4 Å². The Labute approximate surface area is 102 Å². The number of hydrogen-bond donors (Lipinski definition) is 3. The van der Waals surface area contributed by atoms with Crippen molar-refractivity contribution in [1.29, 1.82) is 0 Å². The number of aromatic carboxylic acids is 2. The molecule has 0 saturated heterocycles. The zero-order chi connectivity index (χ0) is 13.3. The molecule has 2 heterocycles. The summed E-state index contributed by atoms with van der Waals surface area (Å²) in [5.74, 6) is -1.77. The van der Waals surface area contributed by atoms with Crippen LogP contribution in [-0.2, 0) is 6.54 Å². The predicted molar refractivity (Wildman–Crippen MR) is 61.9 cm³/mol. The number of hydrogen-bond acceptors (Lipinski definition) is 4. The first kappa shape index (κ1) is 12.1. The lowest BCUT2D eigenvalue weighted by Crippen LogP contribution is -2.09. The smallest absolute Gasteiger partial charge is 0.356 e. The average molecular weight is 249 g/mol. The molecule has 2 aromatic rings. The van der Waals surface area contributed by atoms with Crippen LogP contribution in [0, 0.1) is 0 Å². The van der Waals surface area contributed by atoms with E-state index >= 15 is 0 Å². The van der Waals surface area contributed by atoms with Crippen molar-refractivity contribution < 1.29 is 19.8 Å². The average Bonchev–Trinajstić information content (AvgIpc) is 2.68. The van der Waals surface area contributed by atoms with Crippen LogP contribution in [0.5, 0.6) is 0 Å². The van der Waals surface area contributed by atoms with E-state index in [9.17, 15) is 9.59 Å². The number of aromatic nitrogens is 2. The maximum atomic E-state index is 11.1. The third-order valence-electron chi connectivity index (χ3n) is 2.50. The molecule has 0 amide bonds. The van der Waals surface area contributed by atoms with Gasteiger partial charge in [0.1, 0.15) is 5.82 Å². The van der Waals surface area contributed by atoms with Gasteiger partial charge in [0.05, 0.1) is 17.6 Å². The van der Waals surface area contributed by atoms with Crippen molar-refractivity contribution >= 4 is 17.5 Å². The number of rotatable bonds is 4. The number of carboxylic acids is 2. The molecule has 2 aromatic heterocycles. The van der Waals surface area contributed by atoms with E-state index in [1.807, 2.05) is 0 Å². The lowest BCUT2D eigenvalue weighted by atomic mass is 10.2. The first-order chi connectivity index (χ1) is 8.54. The van der Waals surface area contributed by atoms with Crippen LogP contribution in [0.15, 0.2) is 18.3 Å². The minimum absolute atomic E-state index is 0.0286. The van der Waals surface area contributed by atoms with Crippen LogP contribution in [0.25, 0.3) is 5.52 Å². The lowest BCUT2D eigenvalue weighted by molar-refractivity contribution is 0.0682. The van der Waals surface area contributed by atoms with Crippen LogP contribution in [0.4, 0.5) is 0 Å². The molecule has 7 nitrogen and oxygen atoms in total. The molecule has 2 rings (SSSR count). The number of carbonyl (C=O) groups is 2. The van der Waals surface area contributed by atoms with E-state index in [1.165, 1.54) is 18.3 Å². The largest absolute Gasteiger partial charge is 0.478 e. The van der Waals surface area contributed by atoms with Crippen molar-refractivity contribution in [3.8, 4) is 0 Å². The van der Waals surface area contributed by atoms with E-state index in [2.05, 4.69) is 10.3 Å². The van der Waals surface area contributed by atoms with Gasteiger partial charge in [-0.05, 0) is 19.2 Å². The van der Waals surface area contributed by atoms with Gasteiger partial charge in [-0.25, -0.2) is 14.6 Å². The van der Waals surface area contributed by atoms with E-state index in [0.717, 1.165) is 0 Å². The fraction of sp³-hybridized carbons (Fsp3) is 0.182. The van der Waals surface area contributed by atoms with Crippen LogP contribution in [-0.4, -0.2) is 38.6 Å². The highest BCUT2D eigenvalue weighted by atomic mass is 16.4. The van der Waals surface area contributed by atoms with Gasteiger partial charge in [0.15, 0.2) is 5.69 Å². The first-order valence-corrected chi connectivity index (χ1v) is 5.16. The summed E-state index contributed by atoms with van der Waals surface area (Å²) < 4.78 is 1.56. The summed E-state index contributed by atoms with van der Waals surface area (Å²) in [7, 11) is 1.72. The Morgan fingerprint density at radius 2 is 2.11 bits per heavy atom. The molecule has 0 aliphatic heterocycles. The van der Waals surface area contributed by atoms with Crippen LogP contribution in [0.1, 0.15) is 26.7 Å². The molecule has 0 spiro atoms. The normalized spacial score (nSPS) is 10.7. The highest BCUT2D eigenvalue weighted by Crippen LogP contribution is 2.15. The minimum atomic E-state index is -1.18. The Balaban J connectivity index is 2.71. The Hall–Kier alpha value is -2.41. The topological polar surface area (TPSA) is 104 Å². The SMILES string of the molecule is CNCc1nc(C(=O)O)c2cc(C(=O)O)ccn12. The lowest BCUT2D eigenvalue weighted by Gasteiger charge is -2.01. The second kappa shape index (κ2) is 4.46. The molecule has 0 bridgehead atoms. The Morgan fingerprint density at radius 3 is 2.67 bits per heavy atom. The van der Waals surface area contributed by atoms with Crippen LogP contribution < -0.4 is 5.32 Å². The van der Waals surface area contributed by atoms with E-state index in [0.29, 0.717) is 12.4 Å². The summed E-state index contributed by atoms with van der Waals surface area (Å²) in [6, 6.07) is 2.71. The monoisotopic (exact) mass is 249 g/mol. The van der Waals surface area contributed by atoms with Crippen molar-refractivity contribution in [1.82, 2.24) is 14.7 Å². The third-order valence-corrected chi connectivity index (χ3v) is 2.50. The van der Waals surface area contributed by atoms with Gasteiger partial charge in [0.2, 0.25) is 0 Å². The van der Waals surface area contributed by atoms with E-state index < -0.39 is 11.9 Å². The molecule has 0 unspecified atom stereocenters. The number of nitrogens with one attached hydrogen (secondary N) is 1. The zero-order valence-electron chi connectivity index (χ0n) is 9.54. The first-order valence-electron chi connectivity index (χ1n) is 5.16. The standard InChI is InChI=1S/C11H11N3O4/c1-12-5-8-13-9(11(17)18)7-4-6(10(15)16)2-3-14(7)8/h2-4,12H,5H2,1H3,(H,15,16)(H,17,18). The fourth-order valence-electron chi connectivity index (χ4n) is 1.72. The maximum Gasteiger partial charge on any atom is 0.356 e. The summed E-state index contributed by atoms with van der Waals surface area (Å²) in [5.41, 5.74) is 0.150. The minimum Gasteiger partial charge on any atom is -0.478 e. The summed E-state index contributed by atoms with van der Waals surface area (Å²) in [6.45, 7) is 0.390. The van der Waals surface area contributed by atoms with Gasteiger partial charge in [0, 0.05) is 6.20 Å². The summed E-state index contributed by atoms with van der Waals surface area (Å²) in [5, 5.41) is 20.8. The van der Waals surface area contributed by atoms with Crippen LogP contribution in [0.2, 0.25) is 0 Å². The highest BCUT2D eigenvalue weighted by molar-refractivity contribution is 5.96. The van der Waals surface area contributed by atoms with Gasteiger partial charge >= 0.3 is 11.9 Å². The van der Waals surface area contributed by atoms with Gasteiger partial charge in [-0.15, -0.1) is 0 Å². The number of nitrogens with zero attached hydrogens (tertiary/aromatic N) is 2. The fourth-order valence-corrected chi connectivity index (χ4v) is 1.72. The van der Waals surface area contributed by atoms with Gasteiger partial charge < -0.3 is 19.9 Å². The highest BCUT2D eigenvalue weighted by Gasteiger charge is 2.17. The van der Waals surface area contributed by atoms with Crippen LogP contribution in [0.3, 0.4) is 0 Å². The number of fused-ring (bicyclic) bond motifs is 1. The second-order valence-corrected chi connectivity index (χ2v) is 3.69. The molecule has 0 aliphatic carbocycles. The number of pyridine rings is 1. The van der Waals surface area contributed by atoms with Gasteiger partial charge in [-0.1, -0.05) is 0 Å². The molecule has 94 valence electrons. The van der Waals surface area contributed by atoms with Crippen molar-refractivity contribution in [2.45, 2.75) is 6.54 Å². The predicted octanol–water partition coefficient (Wildman–Crippen LogP) is 0.450. The van der Waals surface area contributed by atoms with Crippen molar-refractivity contribution in [2.24, 2.45) is 0 Å². The van der Waals surface area contributed by atoms with Gasteiger partial charge in [0.25, 0.3) is 0 Å². The Morgan fingerprint density at radius 1 is 1.39 bits per heavy atom. The molecule has 0 atom stereocenters. The Bertz CT molecular complexity index is 632. The maximum absolute atomic E-state index is 11.1. The summed E-state index contributed by atoms with van der Waals surface area (Å²) >= 11 is 0. The van der Waals surface area contributed by atoms with Crippen molar-refractivity contribution in [2.75, 3.05) is 7.05 Å². The number of carboxylic acid groups (broad SMARTS) is 2. The Kier molecular flexibility index (Phi) is 2.99. The quantitative estimate of drug-likeness (QED) is 0.726. The molecular formula is C11H11N3O4. The molecule has 0 aliphatic rings. The molecule has 18 heavy (non-hydrogen) atoms. The molecule has 0 radical (unpaired) electrons. The van der Waals surface area contributed by atoms with E-state index in [-0.39, 0.29) is 16.8 Å². The molecule has 0 saturated carbocycles. The third kappa shape index (κ3) is 1.91. The van der Waals surface area contributed by atoms with Crippen molar-refractivity contribution in [3.63, 3.8) is 0 Å².